The van der Waals surface area contributed by atoms with Gasteiger partial charge in [0.2, 0.25) is 0 Å². The molecule has 1 rings (SSSR count). The Hall–Kier alpha value is -0.740. The van der Waals surface area contributed by atoms with E-state index in [1.54, 1.807) is 18.4 Å². The largest absolute Gasteiger partial charge is 0.310 e. The van der Waals surface area contributed by atoms with Crippen LogP contribution in [0.15, 0.2) is 24.3 Å². The van der Waals surface area contributed by atoms with Crippen molar-refractivity contribution in [2.24, 2.45) is 0 Å². The fourth-order valence-corrected chi connectivity index (χ4v) is 2.08. The molecule has 0 saturated carbocycles. The van der Waals surface area contributed by atoms with Crippen molar-refractivity contribution >= 4 is 10.8 Å². The highest BCUT2D eigenvalue weighted by Gasteiger charge is 2.08. The second-order valence-corrected chi connectivity index (χ2v) is 5.38. The monoisotopic (exact) mass is 243 g/mol. The van der Waals surface area contributed by atoms with Gasteiger partial charge in [0.25, 0.3) is 0 Å². The molecule has 0 aliphatic carbocycles. The lowest BCUT2D eigenvalue weighted by Crippen LogP contribution is -2.21. The van der Waals surface area contributed by atoms with Crippen LogP contribution in [0.25, 0.3) is 0 Å². The van der Waals surface area contributed by atoms with E-state index in [2.05, 4.69) is 5.32 Å². The van der Waals surface area contributed by atoms with Crippen molar-refractivity contribution in [1.29, 1.82) is 0 Å². The van der Waals surface area contributed by atoms with E-state index in [0.717, 1.165) is 13.0 Å². The summed E-state index contributed by atoms with van der Waals surface area (Å²) >= 11 is 0. The van der Waals surface area contributed by atoms with E-state index in [-0.39, 0.29) is 11.9 Å². The van der Waals surface area contributed by atoms with E-state index >= 15 is 0 Å². The molecule has 2 unspecified atom stereocenters. The van der Waals surface area contributed by atoms with Crippen LogP contribution in [0, 0.1) is 5.82 Å². The molecule has 0 bridgehead atoms. The Balaban J connectivity index is 2.38. The maximum absolute atomic E-state index is 13.4. The van der Waals surface area contributed by atoms with Gasteiger partial charge in [-0.15, -0.1) is 0 Å². The molecular formula is C12H18FNOS. The average molecular weight is 243 g/mol. The SMILES string of the molecule is CC(NCCCS(C)=O)c1ccccc1F. The van der Waals surface area contributed by atoms with Gasteiger partial charge in [-0.1, -0.05) is 18.2 Å². The van der Waals surface area contributed by atoms with E-state index in [4.69, 9.17) is 0 Å². The molecule has 4 heteroatoms. The van der Waals surface area contributed by atoms with Crippen molar-refractivity contribution in [2.75, 3.05) is 18.6 Å². The summed E-state index contributed by atoms with van der Waals surface area (Å²) in [6.07, 6.45) is 2.54. The number of benzene rings is 1. The van der Waals surface area contributed by atoms with Gasteiger partial charge >= 0.3 is 0 Å². The predicted octanol–water partition coefficient (Wildman–Crippen LogP) is 2.24. The molecule has 90 valence electrons. The van der Waals surface area contributed by atoms with E-state index in [9.17, 15) is 8.60 Å². The van der Waals surface area contributed by atoms with Crippen LogP contribution in [0.2, 0.25) is 0 Å². The molecule has 1 N–H and O–H groups in total. The number of nitrogens with one attached hydrogen (secondary N) is 1. The molecule has 2 nitrogen and oxygen atoms in total. The van der Waals surface area contributed by atoms with Crippen LogP contribution < -0.4 is 5.32 Å². The standard InChI is InChI=1S/C12H18FNOS/c1-10(14-8-5-9-16(2)15)11-6-3-4-7-12(11)13/h3-4,6-7,10,14H,5,8-9H2,1-2H3. The highest BCUT2D eigenvalue weighted by atomic mass is 32.2. The van der Waals surface area contributed by atoms with Crippen molar-refractivity contribution in [3.05, 3.63) is 35.6 Å². The lowest BCUT2D eigenvalue weighted by atomic mass is 10.1. The minimum Gasteiger partial charge on any atom is -0.310 e. The first-order valence-electron chi connectivity index (χ1n) is 5.39. The first-order valence-corrected chi connectivity index (χ1v) is 7.12. The highest BCUT2D eigenvalue weighted by Crippen LogP contribution is 2.15. The van der Waals surface area contributed by atoms with Gasteiger partial charge in [0, 0.05) is 34.4 Å². The number of hydrogen-bond donors (Lipinski definition) is 1. The molecule has 0 aromatic heterocycles. The highest BCUT2D eigenvalue weighted by molar-refractivity contribution is 7.84. The topological polar surface area (TPSA) is 29.1 Å². The molecule has 0 aliphatic rings. The number of halogens is 1. The Bertz CT molecular complexity index is 357. The van der Waals surface area contributed by atoms with Crippen LogP contribution in [0.3, 0.4) is 0 Å². The molecule has 0 aliphatic heterocycles. The third-order valence-corrected chi connectivity index (χ3v) is 3.29. The van der Waals surface area contributed by atoms with Gasteiger partial charge in [-0.2, -0.15) is 0 Å². The predicted molar refractivity (Wildman–Crippen MR) is 66.4 cm³/mol. The van der Waals surface area contributed by atoms with Gasteiger partial charge in [0.05, 0.1) is 0 Å². The van der Waals surface area contributed by atoms with Gasteiger partial charge in [-0.3, -0.25) is 4.21 Å². The van der Waals surface area contributed by atoms with Crippen LogP contribution in [0.4, 0.5) is 4.39 Å². The molecule has 2 atom stereocenters. The fraction of sp³-hybridized carbons (Fsp3) is 0.500. The van der Waals surface area contributed by atoms with Crippen LogP contribution in [-0.4, -0.2) is 22.8 Å². The second-order valence-electron chi connectivity index (χ2n) is 3.83. The van der Waals surface area contributed by atoms with E-state index in [1.807, 2.05) is 13.0 Å². The van der Waals surface area contributed by atoms with Crippen LogP contribution in [0.1, 0.15) is 24.9 Å². The summed E-state index contributed by atoms with van der Waals surface area (Å²) in [5, 5.41) is 3.22. The Kier molecular flexibility index (Phi) is 5.63. The van der Waals surface area contributed by atoms with Gasteiger partial charge in [0.15, 0.2) is 0 Å². The van der Waals surface area contributed by atoms with Crippen LogP contribution >= 0.6 is 0 Å². The molecule has 0 radical (unpaired) electrons. The molecule has 16 heavy (non-hydrogen) atoms. The third kappa shape index (κ3) is 4.41. The summed E-state index contributed by atoms with van der Waals surface area (Å²) in [4.78, 5) is 0. The zero-order valence-corrected chi connectivity index (χ0v) is 10.5. The van der Waals surface area contributed by atoms with Crippen LogP contribution in [-0.2, 0) is 10.8 Å². The third-order valence-electron chi connectivity index (χ3n) is 2.43. The lowest BCUT2D eigenvalue weighted by molar-refractivity contribution is 0.528. The molecule has 1 aromatic rings. The molecule has 1 aromatic carbocycles. The molecule has 0 saturated heterocycles. The minimum atomic E-state index is -0.743. The summed E-state index contributed by atoms with van der Waals surface area (Å²) in [6, 6.07) is 6.76. The Morgan fingerprint density at radius 3 is 2.75 bits per heavy atom. The minimum absolute atomic E-state index is 0.00788. The lowest BCUT2D eigenvalue weighted by Gasteiger charge is -2.14. The molecule has 0 amide bonds. The van der Waals surface area contributed by atoms with Crippen molar-refractivity contribution < 1.29 is 8.60 Å². The molecular weight excluding hydrogens is 225 g/mol. The summed E-state index contributed by atoms with van der Waals surface area (Å²) in [5.41, 5.74) is 0.681. The molecule has 0 spiro atoms. The zero-order valence-electron chi connectivity index (χ0n) is 9.70. The van der Waals surface area contributed by atoms with Gasteiger partial charge in [0.1, 0.15) is 5.82 Å². The van der Waals surface area contributed by atoms with Gasteiger partial charge in [-0.05, 0) is 26.0 Å². The Morgan fingerprint density at radius 2 is 2.12 bits per heavy atom. The van der Waals surface area contributed by atoms with E-state index in [0.29, 0.717) is 11.3 Å². The average Bonchev–Trinajstić information content (AvgIpc) is 2.24. The fourth-order valence-electron chi connectivity index (χ4n) is 1.53. The Morgan fingerprint density at radius 1 is 1.44 bits per heavy atom. The number of hydrogen-bond acceptors (Lipinski definition) is 2. The molecule has 0 fully saturated rings. The number of rotatable bonds is 6. The Labute approximate surface area is 98.7 Å². The van der Waals surface area contributed by atoms with Crippen molar-refractivity contribution in [2.45, 2.75) is 19.4 Å². The van der Waals surface area contributed by atoms with Crippen LogP contribution in [0.5, 0.6) is 0 Å². The van der Waals surface area contributed by atoms with E-state index < -0.39 is 10.8 Å². The van der Waals surface area contributed by atoms with Crippen molar-refractivity contribution in [1.82, 2.24) is 5.32 Å². The summed E-state index contributed by atoms with van der Waals surface area (Å²) in [5.74, 6) is 0.512. The van der Waals surface area contributed by atoms with Gasteiger partial charge in [-0.25, -0.2) is 4.39 Å². The summed E-state index contributed by atoms with van der Waals surface area (Å²) < 4.78 is 24.2. The summed E-state index contributed by atoms with van der Waals surface area (Å²) in [7, 11) is -0.743. The van der Waals surface area contributed by atoms with Crippen molar-refractivity contribution in [3.63, 3.8) is 0 Å². The quantitative estimate of drug-likeness (QED) is 0.776. The maximum Gasteiger partial charge on any atom is 0.127 e. The van der Waals surface area contributed by atoms with Gasteiger partial charge < -0.3 is 5.32 Å². The summed E-state index contributed by atoms with van der Waals surface area (Å²) in [6.45, 7) is 2.69. The normalized spacial score (nSPS) is 14.7. The molecule has 0 heterocycles. The maximum atomic E-state index is 13.4. The zero-order chi connectivity index (χ0) is 12.0. The van der Waals surface area contributed by atoms with Crippen molar-refractivity contribution in [3.8, 4) is 0 Å². The first kappa shape index (κ1) is 13.3. The van der Waals surface area contributed by atoms with E-state index in [1.165, 1.54) is 6.07 Å². The second kappa shape index (κ2) is 6.76. The smallest absolute Gasteiger partial charge is 0.127 e. The first-order chi connectivity index (χ1) is 7.61.